The van der Waals surface area contributed by atoms with Crippen LogP contribution in [0.15, 0.2) is 91.0 Å². The Labute approximate surface area is 127 Å². The van der Waals surface area contributed by atoms with E-state index in [1.54, 1.807) is 0 Å². The highest BCUT2D eigenvalue weighted by molar-refractivity contribution is 7.79. The van der Waals surface area contributed by atoms with Crippen molar-refractivity contribution in [1.82, 2.24) is 0 Å². The third-order valence-corrected chi connectivity index (χ3v) is 5.49. The highest BCUT2D eigenvalue weighted by Crippen LogP contribution is 2.32. The van der Waals surface area contributed by atoms with Crippen molar-refractivity contribution in [3.8, 4) is 0 Å². The second-order valence-electron chi connectivity index (χ2n) is 4.34. The van der Waals surface area contributed by atoms with Gasteiger partial charge in [-0.15, -0.1) is 0 Å². The van der Waals surface area contributed by atoms with Gasteiger partial charge in [-0.1, -0.05) is 91.0 Å². The number of benzene rings is 3. The molecule has 0 fully saturated rings. The second-order valence-corrected chi connectivity index (χ2v) is 6.56. The summed E-state index contributed by atoms with van der Waals surface area (Å²) in [5, 5.41) is 4.19. The lowest BCUT2D eigenvalue weighted by Crippen LogP contribution is -2.20. The number of hydrogen-bond donors (Lipinski definition) is 2. The molecule has 0 radical (unpaired) electrons. The zero-order chi connectivity index (χ0) is 14.9. The third kappa shape index (κ3) is 3.99. The molecular weight excluding hydrogens is 275 g/mol. The quantitative estimate of drug-likeness (QED) is 0.442. The molecule has 0 bridgehead atoms. The van der Waals surface area contributed by atoms with Gasteiger partial charge < -0.3 is 0 Å². The normalized spacial score (nSPS) is 9.86. The molecule has 0 aromatic heterocycles. The smallest absolute Gasteiger partial charge is 0.0134 e. The highest BCUT2D eigenvalue weighted by Gasteiger charge is 2.14. The molecule has 0 aliphatic heterocycles. The third-order valence-electron chi connectivity index (χ3n) is 3.04. The van der Waals surface area contributed by atoms with Crippen LogP contribution in [0.2, 0.25) is 0 Å². The Hall–Kier alpha value is -1.99. The first kappa shape index (κ1) is 15.4. The van der Waals surface area contributed by atoms with Gasteiger partial charge in [0.15, 0.2) is 0 Å². The van der Waals surface area contributed by atoms with Crippen LogP contribution in [0.5, 0.6) is 0 Å². The van der Waals surface area contributed by atoms with Crippen LogP contribution in [-0.4, -0.2) is 0 Å². The van der Waals surface area contributed by atoms with Crippen LogP contribution in [-0.2, 0) is 0 Å². The van der Waals surface area contributed by atoms with E-state index in [9.17, 15) is 0 Å². The molecule has 0 spiro atoms. The minimum absolute atomic E-state index is 0.446. The summed E-state index contributed by atoms with van der Waals surface area (Å²) in [6.45, 7) is 0. The Morgan fingerprint density at radius 1 is 0.429 bits per heavy atom. The number of nitrogens with two attached hydrogens (primary N) is 2. The highest BCUT2D eigenvalue weighted by atomic mass is 31.1. The summed E-state index contributed by atoms with van der Waals surface area (Å²) >= 11 is 0. The van der Waals surface area contributed by atoms with Crippen LogP contribution >= 0.6 is 7.92 Å². The maximum Gasteiger partial charge on any atom is -0.0134 e. The fourth-order valence-corrected chi connectivity index (χ4v) is 4.48. The standard InChI is InChI=1S/C18H15P.H4N2/c1-4-10-16(11-5-1)19(17-12-6-2-7-13-17)18-14-8-3-9-15-18;1-2/h1-15H;1-2H2. The van der Waals surface area contributed by atoms with Gasteiger partial charge in [-0.25, -0.2) is 0 Å². The fourth-order valence-electron chi connectivity index (χ4n) is 2.18. The molecule has 21 heavy (non-hydrogen) atoms. The van der Waals surface area contributed by atoms with Gasteiger partial charge in [0, 0.05) is 0 Å². The number of rotatable bonds is 3. The van der Waals surface area contributed by atoms with E-state index in [0.717, 1.165) is 0 Å². The fraction of sp³-hybridized carbons (Fsp3) is 0. The Bertz CT molecular complexity index is 533. The number of hydrogen-bond acceptors (Lipinski definition) is 2. The van der Waals surface area contributed by atoms with Crippen LogP contribution < -0.4 is 27.6 Å². The molecule has 3 aromatic rings. The molecule has 0 saturated heterocycles. The van der Waals surface area contributed by atoms with Crippen molar-refractivity contribution in [3.05, 3.63) is 91.0 Å². The largest absolute Gasteiger partial charge is 0.274 e. The van der Waals surface area contributed by atoms with Gasteiger partial charge in [-0.3, -0.25) is 11.7 Å². The van der Waals surface area contributed by atoms with Crippen molar-refractivity contribution in [1.29, 1.82) is 0 Å². The molecule has 4 N–H and O–H groups in total. The molecule has 0 atom stereocenters. The van der Waals surface area contributed by atoms with Crippen molar-refractivity contribution < 1.29 is 0 Å². The molecule has 3 heteroatoms. The summed E-state index contributed by atoms with van der Waals surface area (Å²) in [7, 11) is -0.446. The van der Waals surface area contributed by atoms with Gasteiger partial charge in [0.05, 0.1) is 0 Å². The second kappa shape index (κ2) is 8.33. The monoisotopic (exact) mass is 294 g/mol. The average molecular weight is 294 g/mol. The zero-order valence-corrected chi connectivity index (χ0v) is 12.7. The summed E-state index contributed by atoms with van der Waals surface area (Å²) in [6.07, 6.45) is 0. The minimum atomic E-state index is -0.446. The number of hydrazine groups is 1. The lowest BCUT2D eigenvalue weighted by Gasteiger charge is -2.18. The van der Waals surface area contributed by atoms with E-state index in [4.69, 9.17) is 0 Å². The molecule has 0 saturated carbocycles. The Kier molecular flexibility index (Phi) is 6.11. The van der Waals surface area contributed by atoms with Crippen molar-refractivity contribution >= 4 is 23.8 Å². The lowest BCUT2D eigenvalue weighted by molar-refractivity contribution is 1.26. The molecule has 3 rings (SSSR count). The maximum absolute atomic E-state index is 4.00. The molecule has 106 valence electrons. The Morgan fingerprint density at radius 3 is 0.905 bits per heavy atom. The lowest BCUT2D eigenvalue weighted by atomic mass is 10.4. The van der Waals surface area contributed by atoms with Gasteiger partial charge >= 0.3 is 0 Å². The van der Waals surface area contributed by atoms with Gasteiger partial charge in [0.1, 0.15) is 0 Å². The van der Waals surface area contributed by atoms with Gasteiger partial charge in [0.25, 0.3) is 0 Å². The molecule has 0 aliphatic carbocycles. The van der Waals surface area contributed by atoms with Gasteiger partial charge in [0.2, 0.25) is 0 Å². The Balaban J connectivity index is 0.000000774. The summed E-state index contributed by atoms with van der Waals surface area (Å²) in [5.74, 6) is 8.00. The Morgan fingerprint density at radius 2 is 0.667 bits per heavy atom. The van der Waals surface area contributed by atoms with Crippen molar-refractivity contribution in [2.75, 3.05) is 0 Å². The van der Waals surface area contributed by atoms with Gasteiger partial charge in [-0.2, -0.15) is 0 Å². The molecule has 0 amide bonds. The predicted molar refractivity (Wildman–Crippen MR) is 93.5 cm³/mol. The molecule has 3 aromatic carbocycles. The van der Waals surface area contributed by atoms with E-state index < -0.39 is 7.92 Å². The van der Waals surface area contributed by atoms with Crippen molar-refractivity contribution in [2.45, 2.75) is 0 Å². The first-order valence-electron chi connectivity index (χ1n) is 6.74. The SMILES string of the molecule is NN.c1ccc(P(c2ccccc2)c2ccccc2)cc1. The molecule has 0 aliphatic rings. The summed E-state index contributed by atoms with van der Waals surface area (Å²) in [4.78, 5) is 0. The van der Waals surface area contributed by atoms with Crippen LogP contribution in [0.3, 0.4) is 0 Å². The first-order chi connectivity index (χ1) is 10.4. The molecule has 0 heterocycles. The maximum atomic E-state index is 4.00. The van der Waals surface area contributed by atoms with E-state index >= 15 is 0 Å². The van der Waals surface area contributed by atoms with Crippen molar-refractivity contribution in [2.24, 2.45) is 11.7 Å². The molecule has 2 nitrogen and oxygen atoms in total. The summed E-state index contributed by atoms with van der Waals surface area (Å²) < 4.78 is 0. The average Bonchev–Trinajstić information content (AvgIpc) is 2.60. The van der Waals surface area contributed by atoms with Crippen LogP contribution in [0.25, 0.3) is 0 Å². The summed E-state index contributed by atoms with van der Waals surface area (Å²) in [6, 6.07) is 32.3. The van der Waals surface area contributed by atoms with Crippen LogP contribution in [0.4, 0.5) is 0 Å². The molecule has 0 unspecified atom stereocenters. The first-order valence-corrected chi connectivity index (χ1v) is 8.08. The zero-order valence-electron chi connectivity index (χ0n) is 11.8. The summed E-state index contributed by atoms with van der Waals surface area (Å²) in [5.41, 5.74) is 0. The van der Waals surface area contributed by atoms with Crippen LogP contribution in [0.1, 0.15) is 0 Å². The van der Waals surface area contributed by atoms with Crippen LogP contribution in [0, 0.1) is 0 Å². The van der Waals surface area contributed by atoms with E-state index in [1.807, 2.05) is 0 Å². The topological polar surface area (TPSA) is 52.0 Å². The van der Waals surface area contributed by atoms with Gasteiger partial charge in [-0.05, 0) is 23.8 Å². The van der Waals surface area contributed by atoms with E-state index in [1.165, 1.54) is 15.9 Å². The van der Waals surface area contributed by atoms with E-state index in [0.29, 0.717) is 0 Å². The van der Waals surface area contributed by atoms with E-state index in [-0.39, 0.29) is 0 Å². The molecular formula is C18H19N2P. The van der Waals surface area contributed by atoms with Crippen molar-refractivity contribution in [3.63, 3.8) is 0 Å². The minimum Gasteiger partial charge on any atom is -0.274 e. The van der Waals surface area contributed by atoms with E-state index in [2.05, 4.69) is 103 Å². The predicted octanol–water partition coefficient (Wildman–Crippen LogP) is 2.26.